The molecular weight excluding hydrogens is 590 g/mol. The van der Waals surface area contributed by atoms with Gasteiger partial charge in [0.2, 0.25) is 11.8 Å². The second kappa shape index (κ2) is 13.8. The lowest BCUT2D eigenvalue weighted by molar-refractivity contribution is -0.170. The number of carbonyl (C=O) groups excluding carboxylic acids is 2. The van der Waals surface area contributed by atoms with Crippen LogP contribution in [-0.4, -0.2) is 92.1 Å². The number of likely N-dealkylation sites (tertiary alicyclic amines) is 1. The number of aryl methyl sites for hydroxylation is 1. The Labute approximate surface area is 258 Å². The van der Waals surface area contributed by atoms with Gasteiger partial charge in [-0.1, -0.05) is 36.4 Å². The quantitative estimate of drug-likeness (QED) is 0.273. The summed E-state index contributed by atoms with van der Waals surface area (Å²) in [5.74, 6) is -5.31. The SMILES string of the molecule is NC(=O)C1CN(C(=O)CCN2CCC3(CCc4ccccc43)CC2)c2ccccc2S1.O=C(O)CC(O)(CC(=O)O)C(=O)O. The number of nitrogens with zero attached hydrogens (tertiary/aromatic N) is 2. The molecule has 0 bridgehead atoms. The van der Waals surface area contributed by atoms with Gasteiger partial charge in [-0.2, -0.15) is 0 Å². The number of carbonyl (C=O) groups is 5. The van der Waals surface area contributed by atoms with Crippen molar-refractivity contribution in [2.75, 3.05) is 31.1 Å². The molecule has 2 aromatic rings. The molecule has 12 nitrogen and oxygen atoms in total. The first-order valence-electron chi connectivity index (χ1n) is 14.4. The van der Waals surface area contributed by atoms with Gasteiger partial charge in [-0.25, -0.2) is 4.79 Å². The van der Waals surface area contributed by atoms with Crippen molar-refractivity contribution in [1.82, 2.24) is 4.90 Å². The number of amides is 2. The fourth-order valence-corrected chi connectivity index (χ4v) is 7.31. The van der Waals surface area contributed by atoms with E-state index in [0.717, 1.165) is 30.2 Å². The first-order chi connectivity index (χ1) is 20.8. The maximum Gasteiger partial charge on any atom is 0.336 e. The Balaban J connectivity index is 0.000000289. The Kier molecular flexibility index (Phi) is 10.3. The van der Waals surface area contributed by atoms with E-state index in [2.05, 4.69) is 29.2 Å². The van der Waals surface area contributed by atoms with Crippen LogP contribution in [-0.2, 0) is 35.8 Å². The lowest BCUT2D eigenvalue weighted by atomic mass is 9.74. The lowest BCUT2D eigenvalue weighted by Crippen LogP contribution is -2.46. The number of carboxylic acids is 3. The number of piperidine rings is 1. The van der Waals surface area contributed by atoms with Crippen molar-refractivity contribution in [3.63, 3.8) is 0 Å². The third kappa shape index (κ3) is 7.58. The summed E-state index contributed by atoms with van der Waals surface area (Å²) in [4.78, 5) is 60.6. The molecule has 2 aromatic carbocycles. The van der Waals surface area contributed by atoms with Crippen molar-refractivity contribution in [1.29, 1.82) is 0 Å². The number of benzene rings is 2. The van der Waals surface area contributed by atoms with Crippen molar-refractivity contribution >= 4 is 47.2 Å². The topological polar surface area (TPSA) is 199 Å². The predicted octanol–water partition coefficient (Wildman–Crippen LogP) is 2.10. The molecular formula is C31H37N3O9S. The second-order valence-electron chi connectivity index (χ2n) is 11.5. The van der Waals surface area contributed by atoms with Crippen LogP contribution in [0.5, 0.6) is 0 Å². The zero-order valence-electron chi connectivity index (χ0n) is 24.2. The van der Waals surface area contributed by atoms with Crippen molar-refractivity contribution in [3.05, 3.63) is 59.7 Å². The largest absolute Gasteiger partial charge is 0.481 e. The summed E-state index contributed by atoms with van der Waals surface area (Å²) in [6, 6.07) is 16.7. The number of carboxylic acid groups (broad SMARTS) is 3. The molecule has 0 radical (unpaired) electrons. The monoisotopic (exact) mass is 627 g/mol. The van der Waals surface area contributed by atoms with Crippen molar-refractivity contribution in [3.8, 4) is 0 Å². The Bertz CT molecular complexity index is 1410. The fraction of sp³-hybridized carbons (Fsp3) is 0.452. The Morgan fingerprint density at radius 1 is 0.909 bits per heavy atom. The van der Waals surface area contributed by atoms with Crippen LogP contribution in [0.15, 0.2) is 53.4 Å². The van der Waals surface area contributed by atoms with Crippen LogP contribution in [0.2, 0.25) is 0 Å². The van der Waals surface area contributed by atoms with E-state index in [4.69, 9.17) is 26.2 Å². The van der Waals surface area contributed by atoms with Crippen LogP contribution in [0.25, 0.3) is 0 Å². The Hall–Kier alpha value is -3.94. The van der Waals surface area contributed by atoms with Gasteiger partial charge in [0.1, 0.15) is 5.25 Å². The average molecular weight is 628 g/mol. The third-order valence-electron chi connectivity index (χ3n) is 8.59. The molecule has 1 spiro atoms. The molecule has 1 unspecified atom stereocenters. The number of aliphatic carboxylic acids is 3. The summed E-state index contributed by atoms with van der Waals surface area (Å²) < 4.78 is 0. The Morgan fingerprint density at radius 2 is 1.52 bits per heavy atom. The maximum atomic E-state index is 13.1. The molecule has 2 amide bonds. The molecule has 3 aliphatic rings. The molecule has 236 valence electrons. The van der Waals surface area contributed by atoms with Crippen LogP contribution in [0.4, 0.5) is 5.69 Å². The number of nitrogens with two attached hydrogens (primary N) is 1. The first kappa shape index (κ1) is 33.0. The molecule has 2 aliphatic heterocycles. The summed E-state index contributed by atoms with van der Waals surface area (Å²) in [5.41, 5.74) is 7.15. The van der Waals surface area contributed by atoms with Crippen LogP contribution >= 0.6 is 11.8 Å². The number of aliphatic hydroxyl groups is 1. The minimum absolute atomic E-state index is 0.0745. The highest BCUT2D eigenvalue weighted by Crippen LogP contribution is 2.46. The zero-order chi connectivity index (χ0) is 32.1. The highest BCUT2D eigenvalue weighted by atomic mass is 32.2. The minimum Gasteiger partial charge on any atom is -0.481 e. The number of fused-ring (bicyclic) bond motifs is 3. The summed E-state index contributed by atoms with van der Waals surface area (Å²) in [7, 11) is 0. The smallest absolute Gasteiger partial charge is 0.336 e. The van der Waals surface area contributed by atoms with Gasteiger partial charge in [-0.3, -0.25) is 19.2 Å². The molecule has 0 saturated carbocycles. The van der Waals surface area contributed by atoms with E-state index in [1.54, 1.807) is 10.5 Å². The van der Waals surface area contributed by atoms with Gasteiger partial charge in [0, 0.05) is 24.4 Å². The van der Waals surface area contributed by atoms with E-state index < -0.39 is 41.6 Å². The van der Waals surface area contributed by atoms with Gasteiger partial charge in [0.25, 0.3) is 0 Å². The molecule has 1 saturated heterocycles. The van der Waals surface area contributed by atoms with Crippen LogP contribution < -0.4 is 10.6 Å². The van der Waals surface area contributed by atoms with E-state index in [-0.39, 0.29) is 11.8 Å². The normalized spacial score (nSPS) is 18.8. The van der Waals surface area contributed by atoms with Crippen LogP contribution in [0.3, 0.4) is 0 Å². The zero-order valence-corrected chi connectivity index (χ0v) is 25.0. The van der Waals surface area contributed by atoms with Gasteiger partial charge in [0.15, 0.2) is 5.60 Å². The van der Waals surface area contributed by atoms with E-state index in [1.165, 1.54) is 43.0 Å². The standard InChI is InChI=1S/C25H29N3O2S.C6H8O7/c26-24(30)22-17-28(20-7-3-4-8-21(20)31-22)23(29)10-14-27-15-12-25(13-16-27)11-9-18-5-1-2-6-19(18)25;7-3(8)1-6(13,5(11)12)2-4(9)10/h1-8,22H,9-17H2,(H2,26,30);13H,1-2H2,(H,7,8)(H,9,10)(H,11,12). The van der Waals surface area contributed by atoms with Gasteiger partial charge in [-0.15, -0.1) is 11.8 Å². The Morgan fingerprint density at radius 3 is 2.14 bits per heavy atom. The van der Waals surface area contributed by atoms with Gasteiger partial charge >= 0.3 is 17.9 Å². The molecule has 44 heavy (non-hydrogen) atoms. The maximum absolute atomic E-state index is 13.1. The minimum atomic E-state index is -2.74. The number of primary amides is 1. The molecule has 1 fully saturated rings. The number of anilines is 1. The van der Waals surface area contributed by atoms with Crippen LogP contribution in [0.1, 0.15) is 49.7 Å². The van der Waals surface area contributed by atoms with Crippen molar-refractivity contribution in [2.24, 2.45) is 5.73 Å². The summed E-state index contributed by atoms with van der Waals surface area (Å²) in [6.07, 6.45) is 2.98. The van der Waals surface area contributed by atoms with E-state index in [9.17, 15) is 24.0 Å². The van der Waals surface area contributed by atoms with Crippen molar-refractivity contribution < 1.29 is 44.4 Å². The van der Waals surface area contributed by atoms with Gasteiger partial charge in [-0.05, 0) is 67.4 Å². The molecule has 1 atom stereocenters. The van der Waals surface area contributed by atoms with Crippen molar-refractivity contribution in [2.45, 2.75) is 66.1 Å². The van der Waals surface area contributed by atoms with E-state index in [0.29, 0.717) is 18.4 Å². The van der Waals surface area contributed by atoms with Gasteiger partial charge in [0.05, 0.1) is 18.5 Å². The summed E-state index contributed by atoms with van der Waals surface area (Å²) in [5, 5.41) is 33.4. The lowest BCUT2D eigenvalue weighted by Gasteiger charge is -2.40. The molecule has 0 aromatic heterocycles. The third-order valence-corrected chi connectivity index (χ3v) is 9.86. The number of hydrogen-bond donors (Lipinski definition) is 5. The fourth-order valence-electron chi connectivity index (χ4n) is 6.21. The number of thioether (sulfide) groups is 1. The summed E-state index contributed by atoms with van der Waals surface area (Å²) in [6.45, 7) is 3.20. The second-order valence-corrected chi connectivity index (χ2v) is 12.7. The molecule has 1 aliphatic carbocycles. The predicted molar refractivity (Wildman–Crippen MR) is 161 cm³/mol. The van der Waals surface area contributed by atoms with E-state index in [1.807, 2.05) is 24.3 Å². The number of hydrogen-bond acceptors (Lipinski definition) is 8. The number of para-hydroxylation sites is 1. The summed E-state index contributed by atoms with van der Waals surface area (Å²) >= 11 is 1.46. The van der Waals surface area contributed by atoms with Crippen LogP contribution in [0, 0.1) is 0 Å². The molecule has 6 N–H and O–H groups in total. The van der Waals surface area contributed by atoms with Gasteiger partial charge < -0.3 is 36.0 Å². The first-order valence-corrected chi connectivity index (χ1v) is 15.3. The molecule has 2 heterocycles. The molecule has 13 heteroatoms. The highest BCUT2D eigenvalue weighted by molar-refractivity contribution is 8.00. The average Bonchev–Trinajstić information content (AvgIpc) is 3.33. The highest BCUT2D eigenvalue weighted by Gasteiger charge is 2.42. The van der Waals surface area contributed by atoms with E-state index >= 15 is 0 Å². The molecule has 5 rings (SSSR count). The number of rotatable bonds is 9.